The van der Waals surface area contributed by atoms with Gasteiger partial charge < -0.3 is 5.11 Å². The number of aliphatic hydroxyl groups excluding tert-OH is 1. The average molecular weight is 441 g/mol. The molecule has 0 bridgehead atoms. The molecule has 0 spiro atoms. The highest BCUT2D eigenvalue weighted by Gasteiger charge is 2.66. The molecule has 8 heteroatoms. The Morgan fingerprint density at radius 1 is 1.16 bits per heavy atom. The van der Waals surface area contributed by atoms with Gasteiger partial charge in [-0.1, -0.05) is 0 Å². The smallest absolute Gasteiger partial charge is 0.164 e. The number of hydrogen-bond donors (Lipinski definition) is 1. The average Bonchev–Trinajstić information content (AvgIpc) is 3.46. The van der Waals surface area contributed by atoms with Gasteiger partial charge in [0, 0.05) is 24.1 Å². The Labute approximate surface area is 183 Å². The number of aromatic nitrogens is 3. The number of benzene rings is 1. The molecule has 1 aliphatic carbocycles. The maximum Gasteiger partial charge on any atom is 0.164 e. The van der Waals surface area contributed by atoms with Crippen LogP contribution in [0, 0.1) is 24.5 Å². The summed E-state index contributed by atoms with van der Waals surface area (Å²) in [5, 5.41) is 10.7. The van der Waals surface area contributed by atoms with Crippen LogP contribution >= 0.6 is 11.8 Å². The first-order valence-electron chi connectivity index (χ1n) is 10.2. The maximum atomic E-state index is 15.0. The predicted molar refractivity (Wildman–Crippen MR) is 117 cm³/mol. The van der Waals surface area contributed by atoms with E-state index in [0.717, 1.165) is 22.5 Å². The van der Waals surface area contributed by atoms with Crippen LogP contribution in [0.15, 0.2) is 35.7 Å². The third kappa shape index (κ3) is 3.24. The molecule has 1 aliphatic heterocycles. The molecule has 3 heterocycles. The largest absolute Gasteiger partial charge is 0.395 e. The first kappa shape index (κ1) is 20.5. The van der Waals surface area contributed by atoms with Crippen LogP contribution in [0.1, 0.15) is 42.7 Å². The van der Waals surface area contributed by atoms with E-state index in [9.17, 15) is 9.50 Å². The summed E-state index contributed by atoms with van der Waals surface area (Å²) in [6, 6.07) is 4.82. The lowest BCUT2D eigenvalue weighted by atomic mass is 9.84. The molecule has 0 radical (unpaired) electrons. The van der Waals surface area contributed by atoms with Crippen molar-refractivity contribution in [1.29, 1.82) is 0 Å². The standard InChI is InChI=1S/C23H22F2N4OS/c1-12-4-17-21(26-9-12)18(28-11-27-17)7-14-5-15(20(25)16(24)6-14)22(3)19-8-23(19,10-30)31-13(2)29-22/h4-6,9,11,19,30H,7-8,10H2,1-3H3/t19-,22+,23+/m0/s1. The van der Waals surface area contributed by atoms with Crippen molar-refractivity contribution in [2.45, 2.75) is 43.9 Å². The first-order valence-corrected chi connectivity index (χ1v) is 11.0. The molecule has 3 aromatic rings. The third-order valence-corrected chi connectivity index (χ3v) is 7.78. The predicted octanol–water partition coefficient (Wildman–Crippen LogP) is 4.33. The van der Waals surface area contributed by atoms with Gasteiger partial charge in [0.1, 0.15) is 11.8 Å². The summed E-state index contributed by atoms with van der Waals surface area (Å²) in [6.07, 6.45) is 4.22. The zero-order valence-corrected chi connectivity index (χ0v) is 18.3. The first-order chi connectivity index (χ1) is 14.8. The minimum atomic E-state index is -0.928. The molecular formula is C23H22F2N4OS. The third-order valence-electron chi connectivity index (χ3n) is 6.40. The van der Waals surface area contributed by atoms with Crippen LogP contribution < -0.4 is 0 Å². The number of nitrogens with zero attached hydrogens (tertiary/aromatic N) is 4. The van der Waals surface area contributed by atoms with E-state index < -0.39 is 17.2 Å². The number of aliphatic hydroxyl groups is 1. The lowest BCUT2D eigenvalue weighted by Gasteiger charge is -2.34. The van der Waals surface area contributed by atoms with Gasteiger partial charge in [-0.05, 0) is 56.5 Å². The summed E-state index contributed by atoms with van der Waals surface area (Å²) in [5.41, 5.74) is 2.90. The Bertz CT molecular complexity index is 1250. The number of thioether (sulfide) groups is 1. The molecule has 1 aromatic carbocycles. The van der Waals surface area contributed by atoms with Gasteiger partial charge in [0.15, 0.2) is 11.6 Å². The Kier molecular flexibility index (Phi) is 4.64. The van der Waals surface area contributed by atoms with Crippen molar-refractivity contribution in [2.24, 2.45) is 10.9 Å². The van der Waals surface area contributed by atoms with Crippen molar-refractivity contribution in [3.63, 3.8) is 0 Å². The molecule has 5 nitrogen and oxygen atoms in total. The van der Waals surface area contributed by atoms with E-state index in [0.29, 0.717) is 23.2 Å². The topological polar surface area (TPSA) is 71.3 Å². The monoisotopic (exact) mass is 440 g/mol. The van der Waals surface area contributed by atoms with Crippen molar-refractivity contribution in [2.75, 3.05) is 6.61 Å². The van der Waals surface area contributed by atoms with Gasteiger partial charge in [-0.25, -0.2) is 18.7 Å². The number of rotatable bonds is 4. The van der Waals surface area contributed by atoms with Crippen molar-refractivity contribution in [3.8, 4) is 0 Å². The van der Waals surface area contributed by atoms with E-state index in [1.807, 2.05) is 26.8 Å². The van der Waals surface area contributed by atoms with Gasteiger partial charge >= 0.3 is 0 Å². The number of aliphatic imine (C=N–C) groups is 1. The van der Waals surface area contributed by atoms with Gasteiger partial charge in [-0.15, -0.1) is 11.8 Å². The molecule has 2 aliphatic rings. The second-order valence-corrected chi connectivity index (χ2v) is 10.3. The summed E-state index contributed by atoms with van der Waals surface area (Å²) in [4.78, 5) is 17.8. The van der Waals surface area contributed by atoms with Crippen LogP contribution in [0.5, 0.6) is 0 Å². The van der Waals surface area contributed by atoms with Crippen molar-refractivity contribution in [1.82, 2.24) is 15.0 Å². The number of hydrogen-bond acceptors (Lipinski definition) is 6. The fourth-order valence-electron chi connectivity index (χ4n) is 4.82. The van der Waals surface area contributed by atoms with Crippen LogP contribution in [-0.4, -0.2) is 36.5 Å². The Morgan fingerprint density at radius 2 is 1.97 bits per heavy atom. The molecule has 5 rings (SSSR count). The highest BCUT2D eigenvalue weighted by molar-refractivity contribution is 8.15. The molecule has 0 saturated heterocycles. The van der Waals surface area contributed by atoms with Gasteiger partial charge in [-0.3, -0.25) is 9.98 Å². The van der Waals surface area contributed by atoms with E-state index in [1.54, 1.807) is 12.3 Å². The zero-order chi connectivity index (χ0) is 22.0. The van der Waals surface area contributed by atoms with E-state index in [4.69, 9.17) is 4.99 Å². The second-order valence-electron chi connectivity index (χ2n) is 8.68. The molecule has 31 heavy (non-hydrogen) atoms. The van der Waals surface area contributed by atoms with Crippen LogP contribution in [0.2, 0.25) is 0 Å². The SMILES string of the molecule is CC1=N[C@](C)(c2cc(Cc3ncnc4cc(C)cnc34)cc(F)c2F)[C@@H]2C[C@]2(CO)S1. The van der Waals surface area contributed by atoms with Gasteiger partial charge in [-0.2, -0.15) is 0 Å². The van der Waals surface area contributed by atoms with E-state index in [1.165, 1.54) is 24.2 Å². The lowest BCUT2D eigenvalue weighted by molar-refractivity contribution is 0.264. The molecule has 2 aromatic heterocycles. The molecule has 3 atom stereocenters. The Morgan fingerprint density at radius 3 is 2.74 bits per heavy atom. The van der Waals surface area contributed by atoms with Crippen LogP contribution in [0.3, 0.4) is 0 Å². The molecule has 160 valence electrons. The molecule has 1 saturated carbocycles. The van der Waals surface area contributed by atoms with Crippen LogP contribution in [0.25, 0.3) is 11.0 Å². The van der Waals surface area contributed by atoms with Crippen molar-refractivity contribution in [3.05, 3.63) is 64.7 Å². The number of pyridine rings is 1. The summed E-state index contributed by atoms with van der Waals surface area (Å²) in [6.45, 7) is 5.62. The maximum absolute atomic E-state index is 15.0. The van der Waals surface area contributed by atoms with Gasteiger partial charge in [0.2, 0.25) is 0 Å². The highest BCUT2D eigenvalue weighted by atomic mass is 32.2. The fraction of sp³-hybridized carbons (Fsp3) is 0.391. The second kappa shape index (κ2) is 7.03. The minimum Gasteiger partial charge on any atom is -0.395 e. The fourth-order valence-corrected chi connectivity index (χ4v) is 6.33. The minimum absolute atomic E-state index is 0.00736. The van der Waals surface area contributed by atoms with Crippen molar-refractivity contribution < 1.29 is 13.9 Å². The zero-order valence-electron chi connectivity index (χ0n) is 17.5. The number of aryl methyl sites for hydroxylation is 1. The van der Waals surface area contributed by atoms with E-state index >= 15 is 4.39 Å². The van der Waals surface area contributed by atoms with Crippen LogP contribution in [0.4, 0.5) is 8.78 Å². The number of halogens is 2. The summed E-state index contributed by atoms with van der Waals surface area (Å²) in [7, 11) is 0. The number of fused-ring (bicyclic) bond motifs is 2. The Hall–Kier alpha value is -2.45. The lowest BCUT2D eigenvalue weighted by Crippen LogP contribution is -2.35. The summed E-state index contributed by atoms with van der Waals surface area (Å²) in [5.74, 6) is -1.83. The highest BCUT2D eigenvalue weighted by Crippen LogP contribution is 2.66. The Balaban J connectivity index is 1.59. The van der Waals surface area contributed by atoms with Gasteiger partial charge in [0.05, 0.1) is 33.1 Å². The molecule has 1 fully saturated rings. The normalized spacial score (nSPS) is 27.2. The van der Waals surface area contributed by atoms with Crippen LogP contribution in [-0.2, 0) is 12.0 Å². The van der Waals surface area contributed by atoms with E-state index in [-0.39, 0.29) is 22.8 Å². The molecule has 0 amide bonds. The summed E-state index contributed by atoms with van der Waals surface area (Å²) < 4.78 is 29.4. The quantitative estimate of drug-likeness (QED) is 0.654. The van der Waals surface area contributed by atoms with Gasteiger partial charge in [0.25, 0.3) is 0 Å². The molecular weight excluding hydrogens is 418 g/mol. The van der Waals surface area contributed by atoms with Crippen molar-refractivity contribution >= 4 is 27.8 Å². The van der Waals surface area contributed by atoms with E-state index in [2.05, 4.69) is 15.0 Å². The molecule has 1 N–H and O–H groups in total. The molecule has 0 unspecified atom stereocenters. The summed E-state index contributed by atoms with van der Waals surface area (Å²) >= 11 is 1.54.